The fraction of sp³-hybridized carbons (Fsp3) is 0.400. The van der Waals surface area contributed by atoms with Gasteiger partial charge in [0.25, 0.3) is 0 Å². The van der Waals surface area contributed by atoms with Gasteiger partial charge in [0.1, 0.15) is 12.1 Å². The van der Waals surface area contributed by atoms with E-state index < -0.39 is 0 Å². The Morgan fingerprint density at radius 2 is 1.85 bits per heavy atom. The average Bonchev–Trinajstić information content (AvgIpc) is 3.09. The third-order valence-corrected chi connectivity index (χ3v) is 5.21. The molecule has 1 aliphatic heterocycles. The summed E-state index contributed by atoms with van der Waals surface area (Å²) in [6, 6.07) is 10.2. The number of anilines is 1. The van der Waals surface area contributed by atoms with Crippen molar-refractivity contribution >= 4 is 22.8 Å². The lowest BCUT2D eigenvalue weighted by atomic mass is 9.99. The highest BCUT2D eigenvalue weighted by molar-refractivity contribution is 5.87. The maximum atomic E-state index is 12.8. The van der Waals surface area contributed by atoms with Gasteiger partial charge in [0.2, 0.25) is 5.91 Å². The van der Waals surface area contributed by atoms with E-state index in [-0.39, 0.29) is 11.8 Å². The lowest BCUT2D eigenvalue weighted by molar-refractivity contribution is -0.135. The van der Waals surface area contributed by atoms with E-state index in [2.05, 4.69) is 32.1 Å². The number of fused-ring (bicyclic) bond motifs is 1. The summed E-state index contributed by atoms with van der Waals surface area (Å²) in [7, 11) is 1.88. The minimum atomic E-state index is -0.0111. The molecular formula is C20H24N6O. The number of rotatable bonds is 4. The van der Waals surface area contributed by atoms with Gasteiger partial charge in [0.05, 0.1) is 11.6 Å². The Bertz CT molecular complexity index is 930. The smallest absolute Gasteiger partial charge is 0.225 e. The van der Waals surface area contributed by atoms with Crippen LogP contribution in [0.15, 0.2) is 42.9 Å². The molecule has 1 fully saturated rings. The van der Waals surface area contributed by atoms with Crippen LogP contribution in [0.25, 0.3) is 11.0 Å². The van der Waals surface area contributed by atoms with Gasteiger partial charge < -0.3 is 9.80 Å². The molecule has 1 atom stereocenters. The molecule has 7 nitrogen and oxygen atoms in total. The molecule has 0 saturated carbocycles. The number of carbonyl (C=O) groups is 1. The first-order valence-corrected chi connectivity index (χ1v) is 9.34. The van der Waals surface area contributed by atoms with Crippen LogP contribution in [0.3, 0.4) is 0 Å². The topological polar surface area (TPSA) is 67.2 Å². The van der Waals surface area contributed by atoms with E-state index in [0.29, 0.717) is 13.1 Å². The average molecular weight is 364 g/mol. The highest BCUT2D eigenvalue weighted by atomic mass is 16.2. The van der Waals surface area contributed by atoms with Crippen LogP contribution < -0.4 is 4.90 Å². The number of carbonyl (C=O) groups excluding carboxylic acids is 1. The lowest BCUT2D eigenvalue weighted by Gasteiger charge is -2.36. The minimum Gasteiger partial charge on any atom is -0.352 e. The first kappa shape index (κ1) is 17.5. The zero-order chi connectivity index (χ0) is 18.8. The number of piperazine rings is 1. The summed E-state index contributed by atoms with van der Waals surface area (Å²) >= 11 is 0. The van der Waals surface area contributed by atoms with E-state index in [9.17, 15) is 4.79 Å². The van der Waals surface area contributed by atoms with E-state index in [4.69, 9.17) is 0 Å². The summed E-state index contributed by atoms with van der Waals surface area (Å²) in [5, 5.41) is 5.24. The van der Waals surface area contributed by atoms with Gasteiger partial charge in [-0.25, -0.2) is 9.97 Å². The molecule has 3 aromatic rings. The second-order valence-corrected chi connectivity index (χ2v) is 7.11. The van der Waals surface area contributed by atoms with Crippen LogP contribution in [0.5, 0.6) is 0 Å². The van der Waals surface area contributed by atoms with Crippen molar-refractivity contribution in [1.29, 1.82) is 0 Å². The van der Waals surface area contributed by atoms with Gasteiger partial charge >= 0.3 is 0 Å². The summed E-state index contributed by atoms with van der Waals surface area (Å²) in [5.74, 6) is 1.12. The Hall–Kier alpha value is -2.96. The first-order valence-electron chi connectivity index (χ1n) is 9.34. The monoisotopic (exact) mass is 364 g/mol. The van der Waals surface area contributed by atoms with Crippen LogP contribution in [0.4, 0.5) is 5.82 Å². The molecule has 7 heteroatoms. The van der Waals surface area contributed by atoms with Gasteiger partial charge in [0, 0.05) is 39.1 Å². The summed E-state index contributed by atoms with van der Waals surface area (Å²) in [5.41, 5.74) is 2.03. The molecule has 0 bridgehead atoms. The van der Waals surface area contributed by atoms with Gasteiger partial charge in [0.15, 0.2) is 5.65 Å². The maximum Gasteiger partial charge on any atom is 0.225 e. The van der Waals surface area contributed by atoms with Crippen molar-refractivity contribution in [3.05, 3.63) is 48.4 Å². The molecule has 140 valence electrons. The van der Waals surface area contributed by atoms with Crippen LogP contribution in [0, 0.1) is 5.92 Å². The molecule has 1 aromatic carbocycles. The van der Waals surface area contributed by atoms with Crippen LogP contribution in [-0.4, -0.2) is 56.7 Å². The maximum absolute atomic E-state index is 12.8. The molecule has 1 saturated heterocycles. The molecular weight excluding hydrogens is 340 g/mol. The number of benzene rings is 1. The van der Waals surface area contributed by atoms with Gasteiger partial charge in [-0.2, -0.15) is 5.10 Å². The molecule has 3 heterocycles. The van der Waals surface area contributed by atoms with E-state index in [0.717, 1.165) is 36.4 Å². The van der Waals surface area contributed by atoms with E-state index in [1.54, 1.807) is 11.0 Å². The third-order valence-electron chi connectivity index (χ3n) is 5.21. The SMILES string of the molecule is C[C@@H](Cc1ccccc1)C(=O)N1CCN(c2ncnc3c2cnn3C)CC1. The number of aromatic nitrogens is 4. The molecule has 1 aliphatic rings. The van der Waals surface area contributed by atoms with Crippen LogP contribution in [0.2, 0.25) is 0 Å². The van der Waals surface area contributed by atoms with Crippen molar-refractivity contribution in [1.82, 2.24) is 24.6 Å². The minimum absolute atomic E-state index is 0.0111. The normalized spacial score (nSPS) is 15.9. The number of amides is 1. The number of hydrogen-bond acceptors (Lipinski definition) is 5. The van der Waals surface area contributed by atoms with E-state index in [1.165, 1.54) is 5.56 Å². The van der Waals surface area contributed by atoms with Crippen molar-refractivity contribution in [3.8, 4) is 0 Å². The van der Waals surface area contributed by atoms with Gasteiger partial charge in [-0.15, -0.1) is 0 Å². The largest absolute Gasteiger partial charge is 0.352 e. The van der Waals surface area contributed by atoms with Crippen molar-refractivity contribution in [3.63, 3.8) is 0 Å². The Morgan fingerprint density at radius 3 is 2.59 bits per heavy atom. The van der Waals surface area contributed by atoms with E-state index in [1.807, 2.05) is 43.3 Å². The summed E-state index contributed by atoms with van der Waals surface area (Å²) in [6.07, 6.45) is 4.17. The van der Waals surface area contributed by atoms with Gasteiger partial charge in [-0.1, -0.05) is 37.3 Å². The molecule has 2 aromatic heterocycles. The van der Waals surface area contributed by atoms with Crippen LogP contribution in [-0.2, 0) is 18.3 Å². The standard InChI is InChI=1S/C20H24N6O/c1-15(12-16-6-4-3-5-7-16)20(27)26-10-8-25(9-11-26)19-17-13-23-24(2)18(17)21-14-22-19/h3-7,13-15H,8-12H2,1-2H3/t15-/m0/s1. The fourth-order valence-corrected chi connectivity index (χ4v) is 3.71. The second-order valence-electron chi connectivity index (χ2n) is 7.11. The van der Waals surface area contributed by atoms with Gasteiger partial charge in [-0.05, 0) is 12.0 Å². The number of aryl methyl sites for hydroxylation is 1. The third kappa shape index (κ3) is 3.49. The van der Waals surface area contributed by atoms with E-state index >= 15 is 0 Å². The summed E-state index contributed by atoms with van der Waals surface area (Å²) in [6.45, 7) is 4.98. The molecule has 0 N–H and O–H groups in total. The molecule has 0 aliphatic carbocycles. The van der Waals surface area contributed by atoms with Crippen LogP contribution in [0.1, 0.15) is 12.5 Å². The second kappa shape index (κ2) is 7.34. The van der Waals surface area contributed by atoms with Crippen molar-refractivity contribution < 1.29 is 4.79 Å². The Morgan fingerprint density at radius 1 is 1.11 bits per heavy atom. The quantitative estimate of drug-likeness (QED) is 0.707. The Labute approximate surface area is 158 Å². The zero-order valence-corrected chi connectivity index (χ0v) is 15.7. The molecule has 0 unspecified atom stereocenters. The molecule has 4 rings (SSSR count). The lowest BCUT2D eigenvalue weighted by Crippen LogP contribution is -2.50. The Kier molecular flexibility index (Phi) is 4.75. The van der Waals surface area contributed by atoms with Crippen molar-refractivity contribution in [2.45, 2.75) is 13.3 Å². The van der Waals surface area contributed by atoms with Gasteiger partial charge in [-0.3, -0.25) is 9.48 Å². The predicted molar refractivity (Wildman–Crippen MR) is 104 cm³/mol. The summed E-state index contributed by atoms with van der Waals surface area (Å²) in [4.78, 5) is 25.8. The highest BCUT2D eigenvalue weighted by Crippen LogP contribution is 2.23. The summed E-state index contributed by atoms with van der Waals surface area (Å²) < 4.78 is 1.76. The fourth-order valence-electron chi connectivity index (χ4n) is 3.71. The predicted octanol–water partition coefficient (Wildman–Crippen LogP) is 1.89. The molecule has 0 radical (unpaired) electrons. The Balaban J connectivity index is 1.40. The highest BCUT2D eigenvalue weighted by Gasteiger charge is 2.26. The zero-order valence-electron chi connectivity index (χ0n) is 15.7. The number of nitrogens with zero attached hydrogens (tertiary/aromatic N) is 6. The number of hydrogen-bond donors (Lipinski definition) is 0. The molecule has 0 spiro atoms. The first-order chi connectivity index (χ1) is 13.1. The molecule has 1 amide bonds. The van der Waals surface area contributed by atoms with Crippen LogP contribution >= 0.6 is 0 Å². The van der Waals surface area contributed by atoms with Crippen molar-refractivity contribution in [2.75, 3.05) is 31.1 Å². The molecule has 27 heavy (non-hydrogen) atoms. The van der Waals surface area contributed by atoms with Crippen molar-refractivity contribution in [2.24, 2.45) is 13.0 Å².